The molecule has 0 aliphatic rings. The van der Waals surface area contributed by atoms with Crippen molar-refractivity contribution in [3.63, 3.8) is 0 Å². The predicted molar refractivity (Wildman–Crippen MR) is 114 cm³/mol. The van der Waals surface area contributed by atoms with Gasteiger partial charge in [0.25, 0.3) is 0 Å². The Balaban J connectivity index is 1.71. The van der Waals surface area contributed by atoms with Crippen LogP contribution in [0, 0.1) is 12.4 Å². The fraction of sp³-hybridized carbons (Fsp3) is 0.130. The van der Waals surface area contributed by atoms with Gasteiger partial charge in [-0.15, -0.1) is 0 Å². The Labute approximate surface area is 177 Å². The van der Waals surface area contributed by atoms with Gasteiger partial charge in [-0.25, -0.2) is 19.2 Å². The number of fused-ring (bicyclic) bond motifs is 1. The van der Waals surface area contributed by atoms with Crippen molar-refractivity contribution >= 4 is 28.6 Å². The molecule has 0 aliphatic carbocycles. The molecule has 8 heteroatoms. The highest BCUT2D eigenvalue weighted by Crippen LogP contribution is 2.29. The number of anilines is 1. The largest absolute Gasteiger partial charge is 0.385 e. The Bertz CT molecular complexity index is 1290. The molecular formula is C23H18FN5O2. The molecule has 0 radical (unpaired) electrons. The summed E-state index contributed by atoms with van der Waals surface area (Å²) in [4.78, 5) is 24.7. The molecule has 0 saturated carbocycles. The number of nitrogens with one attached hydrogen (secondary N) is 1. The lowest BCUT2D eigenvalue weighted by Gasteiger charge is -2.23. The molecule has 0 aliphatic heterocycles. The maximum Gasteiger partial charge on any atom is 0.229 e. The van der Waals surface area contributed by atoms with Crippen LogP contribution in [0.2, 0.25) is 0 Å². The quantitative estimate of drug-likeness (QED) is 0.475. The van der Waals surface area contributed by atoms with E-state index in [1.54, 1.807) is 54.0 Å². The number of nitrogens with zero attached hydrogens (tertiary/aromatic N) is 4. The molecule has 0 bridgehead atoms. The van der Waals surface area contributed by atoms with Crippen LogP contribution in [-0.4, -0.2) is 25.5 Å². The Morgan fingerprint density at radius 3 is 2.68 bits per heavy atom. The van der Waals surface area contributed by atoms with Gasteiger partial charge >= 0.3 is 0 Å². The first-order valence-electron chi connectivity index (χ1n) is 9.47. The number of amides is 1. The number of rotatable bonds is 5. The summed E-state index contributed by atoms with van der Waals surface area (Å²) >= 11 is 0. The first kappa shape index (κ1) is 20.2. The lowest BCUT2D eigenvalue weighted by atomic mass is 9.92. The van der Waals surface area contributed by atoms with Crippen molar-refractivity contribution in [2.75, 3.05) is 5.32 Å². The molecule has 2 aromatic heterocycles. The number of carbonyl (C=O) groups excluding carboxylic acids is 1. The van der Waals surface area contributed by atoms with Crippen molar-refractivity contribution in [1.82, 2.24) is 14.5 Å². The van der Waals surface area contributed by atoms with Crippen LogP contribution < -0.4 is 5.32 Å². The van der Waals surface area contributed by atoms with E-state index in [4.69, 9.17) is 6.57 Å². The van der Waals surface area contributed by atoms with E-state index < -0.39 is 17.3 Å². The van der Waals surface area contributed by atoms with Crippen LogP contribution in [0.25, 0.3) is 21.7 Å². The fourth-order valence-electron chi connectivity index (χ4n) is 3.33. The minimum Gasteiger partial charge on any atom is -0.385 e. The highest BCUT2D eigenvalue weighted by molar-refractivity contribution is 5.93. The van der Waals surface area contributed by atoms with Crippen LogP contribution in [0.3, 0.4) is 0 Å². The van der Waals surface area contributed by atoms with Gasteiger partial charge < -0.3 is 5.11 Å². The summed E-state index contributed by atoms with van der Waals surface area (Å²) in [7, 11) is 0. The van der Waals surface area contributed by atoms with E-state index in [1.807, 2.05) is 6.07 Å². The fourth-order valence-corrected chi connectivity index (χ4v) is 3.33. The number of benzene rings is 2. The van der Waals surface area contributed by atoms with E-state index in [0.29, 0.717) is 28.1 Å². The maximum atomic E-state index is 13.4. The SMILES string of the molecule is [C-]#[N+]c1ccc2nc(NC(=O)C[C@](C)(O)c3ccccc3)n(-c3ccc(F)cn3)c2c1. The van der Waals surface area contributed by atoms with Gasteiger partial charge in [0.2, 0.25) is 11.9 Å². The molecule has 2 N–H and O–H groups in total. The molecule has 154 valence electrons. The topological polar surface area (TPSA) is 84.4 Å². The molecule has 4 aromatic rings. The number of aromatic nitrogens is 3. The van der Waals surface area contributed by atoms with Crippen molar-refractivity contribution in [3.05, 3.63) is 89.7 Å². The summed E-state index contributed by atoms with van der Waals surface area (Å²) in [5, 5.41) is 13.5. The predicted octanol–water partition coefficient (Wildman–Crippen LogP) is 4.35. The molecule has 4 rings (SSSR count). The maximum absolute atomic E-state index is 13.4. The third-order valence-electron chi connectivity index (χ3n) is 4.86. The normalized spacial score (nSPS) is 12.8. The second-order valence-electron chi connectivity index (χ2n) is 7.26. The average molecular weight is 415 g/mol. The molecule has 7 nitrogen and oxygen atoms in total. The molecule has 0 unspecified atom stereocenters. The lowest BCUT2D eigenvalue weighted by molar-refractivity contribution is -0.120. The van der Waals surface area contributed by atoms with Gasteiger partial charge in [0.05, 0.1) is 35.8 Å². The number of imidazole rings is 1. The van der Waals surface area contributed by atoms with Gasteiger partial charge in [-0.3, -0.25) is 14.7 Å². The standard InChI is InChI=1S/C23H18FN5O2/c1-23(31,15-6-4-3-5-7-15)13-21(30)28-22-27-18-10-9-17(25-2)12-19(18)29(22)20-11-8-16(24)14-26-20/h3-12,14,31H,13H2,1H3,(H,27,28,30)/t23-/m0/s1. The van der Waals surface area contributed by atoms with Crippen LogP contribution in [0.1, 0.15) is 18.9 Å². The Morgan fingerprint density at radius 1 is 1.23 bits per heavy atom. The van der Waals surface area contributed by atoms with Crippen molar-refractivity contribution in [2.45, 2.75) is 18.9 Å². The third-order valence-corrected chi connectivity index (χ3v) is 4.86. The first-order valence-corrected chi connectivity index (χ1v) is 9.47. The van der Waals surface area contributed by atoms with E-state index in [9.17, 15) is 14.3 Å². The Morgan fingerprint density at radius 2 is 2.00 bits per heavy atom. The molecule has 31 heavy (non-hydrogen) atoms. The number of hydrogen-bond acceptors (Lipinski definition) is 4. The second-order valence-corrected chi connectivity index (χ2v) is 7.26. The summed E-state index contributed by atoms with van der Waals surface area (Å²) in [5.41, 5.74) is 0.690. The number of halogens is 1. The van der Waals surface area contributed by atoms with Gasteiger partial charge in [-0.2, -0.15) is 0 Å². The van der Waals surface area contributed by atoms with Gasteiger partial charge in [0, 0.05) is 0 Å². The highest BCUT2D eigenvalue weighted by atomic mass is 19.1. The van der Waals surface area contributed by atoms with Crippen LogP contribution in [0.5, 0.6) is 0 Å². The van der Waals surface area contributed by atoms with E-state index in [2.05, 4.69) is 20.1 Å². The van der Waals surface area contributed by atoms with Crippen molar-refractivity contribution in [2.24, 2.45) is 0 Å². The molecule has 0 saturated heterocycles. The average Bonchev–Trinajstić information content (AvgIpc) is 3.11. The second kappa shape index (κ2) is 7.97. The molecule has 0 fully saturated rings. The summed E-state index contributed by atoms with van der Waals surface area (Å²) in [5.74, 6) is -0.473. The van der Waals surface area contributed by atoms with Gasteiger partial charge in [0.15, 0.2) is 5.69 Å². The minimum atomic E-state index is -1.38. The molecule has 2 aromatic carbocycles. The van der Waals surface area contributed by atoms with E-state index >= 15 is 0 Å². The van der Waals surface area contributed by atoms with Crippen molar-refractivity contribution in [3.8, 4) is 5.82 Å². The zero-order valence-electron chi connectivity index (χ0n) is 16.6. The van der Waals surface area contributed by atoms with Gasteiger partial charge in [-0.1, -0.05) is 36.4 Å². The van der Waals surface area contributed by atoms with E-state index in [1.165, 1.54) is 12.1 Å². The number of hydrogen-bond donors (Lipinski definition) is 2. The number of aliphatic hydroxyl groups is 1. The molecule has 2 heterocycles. The Hall–Kier alpha value is -4.09. The highest BCUT2D eigenvalue weighted by Gasteiger charge is 2.27. The molecular weight excluding hydrogens is 397 g/mol. The Kier molecular flexibility index (Phi) is 5.19. The number of carbonyl (C=O) groups is 1. The first-order chi connectivity index (χ1) is 14.9. The number of pyridine rings is 1. The zero-order valence-corrected chi connectivity index (χ0v) is 16.6. The van der Waals surface area contributed by atoms with Gasteiger partial charge in [-0.05, 0) is 36.8 Å². The van der Waals surface area contributed by atoms with E-state index in [-0.39, 0.29) is 12.4 Å². The summed E-state index contributed by atoms with van der Waals surface area (Å²) in [6, 6.07) is 16.5. The molecule has 1 atom stereocenters. The monoisotopic (exact) mass is 415 g/mol. The van der Waals surface area contributed by atoms with Gasteiger partial charge in [0.1, 0.15) is 11.6 Å². The minimum absolute atomic E-state index is 0.158. The molecule has 0 spiro atoms. The lowest BCUT2D eigenvalue weighted by Crippen LogP contribution is -2.29. The molecule has 1 amide bonds. The van der Waals surface area contributed by atoms with Crippen molar-refractivity contribution in [1.29, 1.82) is 0 Å². The summed E-state index contributed by atoms with van der Waals surface area (Å²) in [6.45, 7) is 8.82. The van der Waals surface area contributed by atoms with Crippen molar-refractivity contribution < 1.29 is 14.3 Å². The van der Waals surface area contributed by atoms with Crippen LogP contribution >= 0.6 is 0 Å². The zero-order chi connectivity index (χ0) is 22.0. The third kappa shape index (κ3) is 4.13. The van der Waals surface area contributed by atoms with Crippen LogP contribution in [0.4, 0.5) is 16.0 Å². The van der Waals surface area contributed by atoms with E-state index in [0.717, 1.165) is 6.20 Å². The summed E-state index contributed by atoms with van der Waals surface area (Å²) < 4.78 is 14.9. The smallest absolute Gasteiger partial charge is 0.229 e. The summed E-state index contributed by atoms with van der Waals surface area (Å²) in [6.07, 6.45) is 0.857. The van der Waals surface area contributed by atoms with Crippen LogP contribution in [0.15, 0.2) is 66.9 Å². The van der Waals surface area contributed by atoms with Crippen LogP contribution in [-0.2, 0) is 10.4 Å².